The summed E-state index contributed by atoms with van der Waals surface area (Å²) < 4.78 is 0. The maximum atomic E-state index is 0. The molecule has 0 heterocycles. The molecule has 4 heteroatoms. The zero-order valence-corrected chi connectivity index (χ0v) is 5.20. The van der Waals surface area contributed by atoms with Crippen LogP contribution >= 0.6 is 0 Å². The summed E-state index contributed by atoms with van der Waals surface area (Å²) in [6, 6.07) is 0. The fourth-order valence-corrected chi connectivity index (χ4v) is 0. The third-order valence-corrected chi connectivity index (χ3v) is 0. The molecule has 0 aromatic rings. The fourth-order valence-electron chi connectivity index (χ4n) is 0. The van der Waals surface area contributed by atoms with E-state index < -0.39 is 0 Å². The largest absolute Gasteiger partial charge is 0.412 e. The molecule has 1 radical (unpaired) electrons. The van der Waals surface area contributed by atoms with E-state index in [4.69, 9.17) is 0 Å². The minimum absolute atomic E-state index is 0. The first-order valence-corrected chi connectivity index (χ1v) is 0. The summed E-state index contributed by atoms with van der Waals surface area (Å²) in [7, 11) is 0. The van der Waals surface area contributed by atoms with Crippen LogP contribution in [0, 0.1) is 0 Å². The Bertz CT molecular complexity index is 8.00. The first-order chi connectivity index (χ1) is 0. The Kier molecular flexibility index (Phi) is 292. The maximum Gasteiger partial charge on any atom is 0 e. The smallest absolute Gasteiger partial charge is 0 e. The second kappa shape index (κ2) is 24.1. The molecule has 0 rings (SSSR count). The number of hydrogen-bond donors (Lipinski definition) is 0. The predicted molar refractivity (Wildman–Crippen MR) is 3.61 cm³/mol. The second-order valence-corrected chi connectivity index (χ2v) is 0. The van der Waals surface area contributed by atoms with Crippen LogP contribution in [0.3, 0.4) is 0 Å². The van der Waals surface area contributed by atoms with Crippen LogP contribution in [0.15, 0.2) is 0 Å². The molecule has 2 N–H and O–H groups in total. The van der Waals surface area contributed by atoms with Crippen LogP contribution < -0.4 is 0 Å². The van der Waals surface area contributed by atoms with Crippen LogP contribution in [-0.2, 0) is 51.5 Å². The Hall–Kier alpha value is 1.53. The summed E-state index contributed by atoms with van der Waals surface area (Å²) in [6.45, 7) is 0. The van der Waals surface area contributed by atoms with E-state index in [0.29, 0.717) is 0 Å². The van der Waals surface area contributed by atoms with Gasteiger partial charge in [-0.3, -0.25) is 0 Å². The molecule has 0 aliphatic rings. The molecule has 0 unspecified atom stereocenters. The normalized spacial score (nSPS) is 0. The van der Waals surface area contributed by atoms with Gasteiger partial charge in [0.05, 0.1) is 0 Å². The Morgan fingerprint density at radius 2 is 1.00 bits per heavy atom. The van der Waals surface area contributed by atoms with Gasteiger partial charge in [0.25, 0.3) is 0 Å². The quantitative estimate of drug-likeness (QED) is 0.436. The standard InChI is InChI=1S/Cr.Fe.Mn.H2O/h;;;1H2. The van der Waals surface area contributed by atoms with Crippen LogP contribution in [0.25, 0.3) is 0 Å². The zero-order valence-electron chi connectivity index (χ0n) is 1.64. The summed E-state index contributed by atoms with van der Waals surface area (Å²) in [5.41, 5.74) is 0. The summed E-state index contributed by atoms with van der Waals surface area (Å²) in [5.74, 6) is 0. The molecule has 0 amide bonds. The monoisotopic (exact) mass is 181 g/mol. The van der Waals surface area contributed by atoms with Crippen LogP contribution in [0.5, 0.6) is 0 Å². The molecule has 0 atom stereocenters. The van der Waals surface area contributed by atoms with Crippen LogP contribution in [0.4, 0.5) is 0 Å². The summed E-state index contributed by atoms with van der Waals surface area (Å²) in [4.78, 5) is 0. The van der Waals surface area contributed by atoms with Crippen molar-refractivity contribution in [3.8, 4) is 0 Å². The molecule has 0 spiro atoms. The van der Waals surface area contributed by atoms with Crippen molar-refractivity contribution in [1.29, 1.82) is 0 Å². The first-order valence-electron chi connectivity index (χ1n) is 0. The van der Waals surface area contributed by atoms with E-state index in [9.17, 15) is 0 Å². The van der Waals surface area contributed by atoms with E-state index in [2.05, 4.69) is 0 Å². The van der Waals surface area contributed by atoms with Crippen molar-refractivity contribution in [2.45, 2.75) is 0 Å². The maximum absolute atomic E-state index is 0. The van der Waals surface area contributed by atoms with E-state index in [1.165, 1.54) is 0 Å². The van der Waals surface area contributed by atoms with Crippen molar-refractivity contribution in [3.05, 3.63) is 0 Å². The van der Waals surface area contributed by atoms with Crippen LogP contribution in [0.2, 0.25) is 0 Å². The van der Waals surface area contributed by atoms with Gasteiger partial charge >= 0.3 is 0 Å². The predicted octanol–water partition coefficient (Wildman–Crippen LogP) is -0.832. The van der Waals surface area contributed by atoms with Crippen LogP contribution in [0.1, 0.15) is 0 Å². The van der Waals surface area contributed by atoms with E-state index in [0.717, 1.165) is 0 Å². The van der Waals surface area contributed by atoms with E-state index in [-0.39, 0.29) is 57.0 Å². The molecular weight excluding hydrogens is 179 g/mol. The first kappa shape index (κ1) is 48.4. The minimum atomic E-state index is 0. The van der Waals surface area contributed by atoms with Crippen molar-refractivity contribution in [2.75, 3.05) is 0 Å². The molecule has 0 saturated carbocycles. The molecule has 0 aromatic carbocycles. The van der Waals surface area contributed by atoms with Gasteiger partial charge < -0.3 is 5.48 Å². The molecule has 0 saturated heterocycles. The van der Waals surface area contributed by atoms with Gasteiger partial charge in [-0.2, -0.15) is 0 Å². The van der Waals surface area contributed by atoms with E-state index in [1.54, 1.807) is 0 Å². The van der Waals surface area contributed by atoms with Gasteiger partial charge in [0.1, 0.15) is 0 Å². The van der Waals surface area contributed by atoms with Crippen LogP contribution in [-0.4, -0.2) is 5.48 Å². The van der Waals surface area contributed by atoms with Crippen molar-refractivity contribution in [2.24, 2.45) is 0 Å². The Balaban J connectivity index is 0. The van der Waals surface area contributed by atoms with E-state index in [1.807, 2.05) is 0 Å². The van der Waals surface area contributed by atoms with Crippen molar-refractivity contribution >= 4 is 0 Å². The molecule has 1 nitrogen and oxygen atoms in total. The molecule has 0 fully saturated rings. The van der Waals surface area contributed by atoms with Crippen molar-refractivity contribution in [1.82, 2.24) is 0 Å². The number of hydrogen-bond acceptors (Lipinski definition) is 0. The fraction of sp³-hybridized carbons (Fsp3) is 0. The summed E-state index contributed by atoms with van der Waals surface area (Å²) in [5, 5.41) is 0. The molecule has 0 bridgehead atoms. The molecule has 0 aromatic heterocycles. The Morgan fingerprint density at radius 1 is 1.00 bits per heavy atom. The minimum Gasteiger partial charge on any atom is -0.412 e. The number of rotatable bonds is 0. The molecular formula is H2CrFeMnO. The molecule has 0 aliphatic heterocycles. The summed E-state index contributed by atoms with van der Waals surface area (Å²) in [6.07, 6.45) is 0. The van der Waals surface area contributed by atoms with Crippen molar-refractivity contribution in [3.63, 3.8) is 0 Å². The van der Waals surface area contributed by atoms with Gasteiger partial charge in [0, 0.05) is 51.5 Å². The van der Waals surface area contributed by atoms with Gasteiger partial charge in [-0.25, -0.2) is 0 Å². The average Bonchev–Trinajstić information content (AvgIpc) is 0. The third-order valence-electron chi connectivity index (χ3n) is 0. The van der Waals surface area contributed by atoms with Gasteiger partial charge in [0.15, 0.2) is 0 Å². The molecule has 4 heavy (non-hydrogen) atoms. The third kappa shape index (κ3) is 9.65. The Labute approximate surface area is 56.9 Å². The second-order valence-electron chi connectivity index (χ2n) is 0. The van der Waals surface area contributed by atoms with Crippen molar-refractivity contribution < 1.29 is 57.0 Å². The average molecular weight is 181 g/mol. The van der Waals surface area contributed by atoms with E-state index >= 15 is 0 Å². The zero-order chi connectivity index (χ0) is 0. The van der Waals surface area contributed by atoms with Gasteiger partial charge in [-0.05, 0) is 0 Å². The van der Waals surface area contributed by atoms with Gasteiger partial charge in [-0.15, -0.1) is 0 Å². The molecule has 0 aliphatic carbocycles. The Morgan fingerprint density at radius 3 is 1.00 bits per heavy atom. The SMILES string of the molecule is O.[Cr].[Fe].[Mn]. The summed E-state index contributed by atoms with van der Waals surface area (Å²) >= 11 is 0. The van der Waals surface area contributed by atoms with Gasteiger partial charge in [0.2, 0.25) is 0 Å². The van der Waals surface area contributed by atoms with Gasteiger partial charge in [-0.1, -0.05) is 0 Å². The topological polar surface area (TPSA) is 31.5 Å². The molecule has 29 valence electrons.